The summed E-state index contributed by atoms with van der Waals surface area (Å²) in [6.45, 7) is 4.01. The van der Waals surface area contributed by atoms with Crippen molar-refractivity contribution in [2.24, 2.45) is 0 Å². The number of esters is 1. The van der Waals surface area contributed by atoms with Crippen LogP contribution in [-0.2, 0) is 4.74 Å². The molecular formula is C31H22ClNO4. The third-order valence-electron chi connectivity index (χ3n) is 6.54. The van der Waals surface area contributed by atoms with Gasteiger partial charge in [0.1, 0.15) is 5.76 Å². The summed E-state index contributed by atoms with van der Waals surface area (Å²) in [6.07, 6.45) is 0. The Morgan fingerprint density at radius 3 is 2.43 bits per heavy atom. The molecule has 6 heteroatoms. The summed E-state index contributed by atoms with van der Waals surface area (Å²) < 4.78 is 13.5. The molecule has 0 fully saturated rings. The van der Waals surface area contributed by atoms with Gasteiger partial charge in [0.05, 0.1) is 33.9 Å². The fourth-order valence-corrected chi connectivity index (χ4v) is 5.03. The predicted octanol–water partition coefficient (Wildman–Crippen LogP) is 7.88. The number of nitrogens with zero attached hydrogens (tertiary/aromatic N) is 1. The largest absolute Gasteiger partial charge is 0.462 e. The van der Waals surface area contributed by atoms with Crippen LogP contribution in [0.4, 0.5) is 0 Å². The van der Waals surface area contributed by atoms with E-state index in [0.717, 1.165) is 16.5 Å². The lowest BCUT2D eigenvalue weighted by Crippen LogP contribution is -2.06. The molecule has 182 valence electrons. The predicted molar refractivity (Wildman–Crippen MR) is 146 cm³/mol. The molecule has 6 rings (SSSR count). The smallest absolute Gasteiger partial charge is 0.340 e. The molecule has 3 aromatic heterocycles. The summed E-state index contributed by atoms with van der Waals surface area (Å²) in [5.74, 6) is -0.0362. The standard InChI is InChI=1S/C31H22ClNO4/c1-3-36-31(35)23-17-26(29(34)20-7-5-4-6-8-20)33-25(23)14-13-22-24(32)15-21-16-27(37-30(21)28(22)33)19-11-9-18(2)10-12-19/h4-17H,3H2,1-2H3. The zero-order chi connectivity index (χ0) is 25.7. The van der Waals surface area contributed by atoms with E-state index in [1.54, 1.807) is 35.6 Å². The van der Waals surface area contributed by atoms with Crippen molar-refractivity contribution >= 4 is 50.7 Å². The first-order chi connectivity index (χ1) is 18.0. The number of fused-ring (bicyclic) bond motifs is 5. The third-order valence-corrected chi connectivity index (χ3v) is 6.85. The molecule has 3 aromatic carbocycles. The fourth-order valence-electron chi connectivity index (χ4n) is 4.76. The summed E-state index contributed by atoms with van der Waals surface area (Å²) in [5.41, 5.74) is 4.96. The Balaban J connectivity index is 1.71. The van der Waals surface area contributed by atoms with Crippen LogP contribution in [0.2, 0.25) is 5.02 Å². The lowest BCUT2D eigenvalue weighted by molar-refractivity contribution is 0.0529. The van der Waals surface area contributed by atoms with E-state index in [-0.39, 0.29) is 12.4 Å². The quantitative estimate of drug-likeness (QED) is 0.176. The number of rotatable bonds is 5. The van der Waals surface area contributed by atoms with Crippen LogP contribution in [-0.4, -0.2) is 22.8 Å². The van der Waals surface area contributed by atoms with E-state index in [2.05, 4.69) is 0 Å². The topological polar surface area (TPSA) is 60.9 Å². The molecule has 0 aliphatic heterocycles. The highest BCUT2D eigenvalue weighted by atomic mass is 35.5. The maximum atomic E-state index is 13.7. The van der Waals surface area contributed by atoms with Crippen LogP contribution in [0.1, 0.15) is 38.9 Å². The Kier molecular flexibility index (Phi) is 5.58. The minimum atomic E-state index is -0.496. The Bertz CT molecular complexity index is 1830. The Morgan fingerprint density at radius 2 is 1.70 bits per heavy atom. The first-order valence-electron chi connectivity index (χ1n) is 12.0. The van der Waals surface area contributed by atoms with E-state index in [4.69, 9.17) is 20.8 Å². The van der Waals surface area contributed by atoms with Gasteiger partial charge in [0, 0.05) is 21.9 Å². The average Bonchev–Trinajstić information content (AvgIpc) is 3.51. The summed E-state index contributed by atoms with van der Waals surface area (Å²) in [6, 6.07) is 26.1. The Labute approximate surface area is 217 Å². The Hall–Kier alpha value is -4.35. The van der Waals surface area contributed by atoms with Crippen molar-refractivity contribution in [3.8, 4) is 11.3 Å². The van der Waals surface area contributed by atoms with Crippen molar-refractivity contribution in [3.63, 3.8) is 0 Å². The van der Waals surface area contributed by atoms with Gasteiger partial charge in [0.2, 0.25) is 5.78 Å². The van der Waals surface area contributed by atoms with Gasteiger partial charge >= 0.3 is 5.97 Å². The molecule has 6 aromatic rings. The number of hydrogen-bond acceptors (Lipinski definition) is 4. The number of aromatic nitrogens is 1. The van der Waals surface area contributed by atoms with Gasteiger partial charge < -0.3 is 13.6 Å². The highest BCUT2D eigenvalue weighted by Crippen LogP contribution is 2.38. The first-order valence-corrected chi connectivity index (χ1v) is 12.4. The SMILES string of the molecule is CCOC(=O)c1cc(C(=O)c2ccccc2)n2c1ccc1c(Cl)cc3cc(-c4ccc(C)cc4)oc3c12. The summed E-state index contributed by atoms with van der Waals surface area (Å²) in [5, 5.41) is 2.02. The number of ketones is 1. The van der Waals surface area contributed by atoms with Crippen molar-refractivity contribution < 1.29 is 18.7 Å². The molecule has 0 aliphatic rings. The number of halogens is 1. The Morgan fingerprint density at radius 1 is 0.946 bits per heavy atom. The molecule has 5 nitrogen and oxygen atoms in total. The van der Waals surface area contributed by atoms with Gasteiger partial charge in [0.15, 0.2) is 5.58 Å². The van der Waals surface area contributed by atoms with Crippen molar-refractivity contribution in [2.45, 2.75) is 13.8 Å². The monoisotopic (exact) mass is 507 g/mol. The van der Waals surface area contributed by atoms with Crippen LogP contribution in [0.25, 0.3) is 38.7 Å². The highest BCUT2D eigenvalue weighted by Gasteiger charge is 2.25. The highest BCUT2D eigenvalue weighted by molar-refractivity contribution is 6.37. The van der Waals surface area contributed by atoms with Crippen molar-refractivity contribution in [1.29, 1.82) is 0 Å². The summed E-state index contributed by atoms with van der Waals surface area (Å²) >= 11 is 6.75. The third kappa shape index (κ3) is 3.79. The van der Waals surface area contributed by atoms with Crippen LogP contribution >= 0.6 is 11.6 Å². The van der Waals surface area contributed by atoms with Gasteiger partial charge in [-0.3, -0.25) is 4.79 Å². The molecule has 0 saturated carbocycles. The lowest BCUT2D eigenvalue weighted by Gasteiger charge is -2.10. The second-order valence-electron chi connectivity index (χ2n) is 8.93. The number of carbonyl (C=O) groups excluding carboxylic acids is 2. The molecular weight excluding hydrogens is 486 g/mol. The zero-order valence-electron chi connectivity index (χ0n) is 20.2. The molecule has 0 unspecified atom stereocenters. The van der Waals surface area contributed by atoms with Crippen molar-refractivity contribution in [1.82, 2.24) is 4.40 Å². The van der Waals surface area contributed by atoms with E-state index in [1.807, 2.05) is 67.6 Å². The van der Waals surface area contributed by atoms with Gasteiger partial charge in [-0.05, 0) is 44.2 Å². The number of furan rings is 1. The number of ether oxygens (including phenoxy) is 1. The molecule has 0 spiro atoms. The van der Waals surface area contributed by atoms with E-state index < -0.39 is 5.97 Å². The summed E-state index contributed by atoms with van der Waals surface area (Å²) in [7, 11) is 0. The zero-order valence-corrected chi connectivity index (χ0v) is 21.0. The first kappa shape index (κ1) is 23.1. The van der Waals surface area contributed by atoms with E-state index in [1.165, 1.54) is 0 Å². The van der Waals surface area contributed by atoms with Crippen LogP contribution in [0.15, 0.2) is 89.3 Å². The second-order valence-corrected chi connectivity index (χ2v) is 9.34. The van der Waals surface area contributed by atoms with Crippen LogP contribution in [0.5, 0.6) is 0 Å². The van der Waals surface area contributed by atoms with Gasteiger partial charge in [-0.2, -0.15) is 0 Å². The van der Waals surface area contributed by atoms with Crippen molar-refractivity contribution in [2.75, 3.05) is 6.61 Å². The molecule has 0 N–H and O–H groups in total. The minimum Gasteiger partial charge on any atom is -0.462 e. The van der Waals surface area contributed by atoms with Gasteiger partial charge in [-0.25, -0.2) is 4.79 Å². The van der Waals surface area contributed by atoms with Crippen molar-refractivity contribution in [3.05, 3.63) is 112 Å². The molecule has 0 aliphatic carbocycles. The molecule has 0 radical (unpaired) electrons. The van der Waals surface area contributed by atoms with Gasteiger partial charge in [-0.1, -0.05) is 71.8 Å². The second kappa shape index (κ2) is 8.95. The number of hydrogen-bond donors (Lipinski definition) is 0. The van der Waals surface area contributed by atoms with Gasteiger partial charge in [0.25, 0.3) is 0 Å². The molecule has 37 heavy (non-hydrogen) atoms. The molecule has 0 saturated heterocycles. The number of aryl methyl sites for hydroxylation is 1. The maximum Gasteiger partial charge on any atom is 0.340 e. The van der Waals surface area contributed by atoms with E-state index in [9.17, 15) is 9.59 Å². The molecule has 0 amide bonds. The van der Waals surface area contributed by atoms with E-state index in [0.29, 0.717) is 49.6 Å². The van der Waals surface area contributed by atoms with E-state index >= 15 is 0 Å². The maximum absolute atomic E-state index is 13.7. The summed E-state index contributed by atoms with van der Waals surface area (Å²) in [4.78, 5) is 26.7. The fraction of sp³-hybridized carbons (Fsp3) is 0.0968. The van der Waals surface area contributed by atoms with Crippen LogP contribution in [0.3, 0.4) is 0 Å². The number of carbonyl (C=O) groups is 2. The lowest BCUT2D eigenvalue weighted by atomic mass is 10.1. The molecule has 0 atom stereocenters. The molecule has 3 heterocycles. The number of pyridine rings is 1. The number of benzene rings is 3. The van der Waals surface area contributed by atoms with Crippen LogP contribution < -0.4 is 0 Å². The molecule has 0 bridgehead atoms. The van der Waals surface area contributed by atoms with Crippen LogP contribution in [0, 0.1) is 6.92 Å². The van der Waals surface area contributed by atoms with Gasteiger partial charge in [-0.15, -0.1) is 0 Å². The minimum absolute atomic E-state index is 0.222. The average molecular weight is 508 g/mol. The normalized spacial score (nSPS) is 11.4.